The lowest BCUT2D eigenvalue weighted by molar-refractivity contribution is 0.0344. The lowest BCUT2D eigenvalue weighted by Crippen LogP contribution is -2.59. The number of hydrogen-bond acceptors (Lipinski definition) is 3. The number of likely N-dealkylation sites (tertiary alicyclic amines) is 2. The summed E-state index contributed by atoms with van der Waals surface area (Å²) in [5.41, 5.74) is 7.00. The summed E-state index contributed by atoms with van der Waals surface area (Å²) in [7, 11) is 2.23. The van der Waals surface area contributed by atoms with Gasteiger partial charge in [0, 0.05) is 12.1 Å². The standard InChI is InChI=1S/C15H31N3/c1-14(2)5-4-9-18(12-6-14)15(13-16)7-10-17(3)11-8-15/h4-13,16H2,1-3H3. The first-order valence-corrected chi connectivity index (χ1v) is 7.61. The van der Waals surface area contributed by atoms with Crippen molar-refractivity contribution < 1.29 is 0 Å². The highest BCUT2D eigenvalue weighted by molar-refractivity contribution is 4.97. The van der Waals surface area contributed by atoms with Gasteiger partial charge in [-0.3, -0.25) is 4.90 Å². The van der Waals surface area contributed by atoms with Crippen LogP contribution in [0.25, 0.3) is 0 Å². The van der Waals surface area contributed by atoms with Gasteiger partial charge in [0.1, 0.15) is 0 Å². The summed E-state index contributed by atoms with van der Waals surface area (Å²) in [4.78, 5) is 5.17. The van der Waals surface area contributed by atoms with Gasteiger partial charge < -0.3 is 10.6 Å². The lowest BCUT2D eigenvalue weighted by atomic mass is 9.84. The van der Waals surface area contributed by atoms with Gasteiger partial charge in [-0.15, -0.1) is 0 Å². The van der Waals surface area contributed by atoms with Crippen molar-refractivity contribution in [2.75, 3.05) is 39.8 Å². The van der Waals surface area contributed by atoms with Gasteiger partial charge in [0.15, 0.2) is 0 Å². The van der Waals surface area contributed by atoms with Gasteiger partial charge in [-0.05, 0) is 70.7 Å². The van der Waals surface area contributed by atoms with Crippen molar-refractivity contribution in [2.24, 2.45) is 11.1 Å². The molecule has 0 unspecified atom stereocenters. The van der Waals surface area contributed by atoms with Crippen LogP contribution in [-0.2, 0) is 0 Å². The fourth-order valence-electron chi connectivity index (χ4n) is 3.58. The van der Waals surface area contributed by atoms with E-state index in [-0.39, 0.29) is 0 Å². The smallest absolute Gasteiger partial charge is 0.0356 e. The van der Waals surface area contributed by atoms with Crippen LogP contribution < -0.4 is 5.73 Å². The van der Waals surface area contributed by atoms with Gasteiger partial charge in [0.2, 0.25) is 0 Å². The Hall–Kier alpha value is -0.120. The number of rotatable bonds is 2. The monoisotopic (exact) mass is 253 g/mol. The maximum Gasteiger partial charge on any atom is 0.0356 e. The van der Waals surface area contributed by atoms with Crippen LogP contribution in [0.4, 0.5) is 0 Å². The molecule has 106 valence electrons. The van der Waals surface area contributed by atoms with Crippen LogP contribution in [0.1, 0.15) is 46.0 Å². The second kappa shape index (κ2) is 5.48. The lowest BCUT2D eigenvalue weighted by Gasteiger charge is -2.48. The highest BCUT2D eigenvalue weighted by Gasteiger charge is 2.39. The molecule has 3 nitrogen and oxygen atoms in total. The van der Waals surface area contributed by atoms with E-state index in [0.717, 1.165) is 6.54 Å². The molecular formula is C15H31N3. The third-order valence-corrected chi connectivity index (χ3v) is 5.31. The molecule has 2 heterocycles. The molecule has 0 amide bonds. The van der Waals surface area contributed by atoms with Crippen LogP contribution in [0, 0.1) is 5.41 Å². The van der Waals surface area contributed by atoms with E-state index in [4.69, 9.17) is 5.73 Å². The van der Waals surface area contributed by atoms with Crippen molar-refractivity contribution in [1.29, 1.82) is 0 Å². The Bertz CT molecular complexity index is 267. The zero-order chi connectivity index (χ0) is 13.2. The maximum atomic E-state index is 6.17. The summed E-state index contributed by atoms with van der Waals surface area (Å²) >= 11 is 0. The van der Waals surface area contributed by atoms with Crippen LogP contribution in [0.2, 0.25) is 0 Å². The van der Waals surface area contributed by atoms with Gasteiger partial charge in [-0.25, -0.2) is 0 Å². The molecule has 2 rings (SSSR count). The van der Waals surface area contributed by atoms with Crippen molar-refractivity contribution >= 4 is 0 Å². The quantitative estimate of drug-likeness (QED) is 0.816. The molecular weight excluding hydrogens is 222 g/mol. The van der Waals surface area contributed by atoms with E-state index < -0.39 is 0 Å². The predicted molar refractivity (Wildman–Crippen MR) is 77.7 cm³/mol. The molecule has 0 bridgehead atoms. The maximum absolute atomic E-state index is 6.17. The van der Waals surface area contributed by atoms with E-state index in [0.29, 0.717) is 11.0 Å². The van der Waals surface area contributed by atoms with Crippen LogP contribution in [0.15, 0.2) is 0 Å². The SMILES string of the molecule is CN1CCC(CN)(N2CCCC(C)(C)CC2)CC1. The molecule has 2 aliphatic heterocycles. The molecule has 2 saturated heterocycles. The highest BCUT2D eigenvalue weighted by atomic mass is 15.2. The Balaban J connectivity index is 2.03. The molecule has 0 aliphatic carbocycles. The van der Waals surface area contributed by atoms with Crippen LogP contribution >= 0.6 is 0 Å². The zero-order valence-corrected chi connectivity index (χ0v) is 12.5. The Morgan fingerprint density at radius 1 is 0.944 bits per heavy atom. The molecule has 0 atom stereocenters. The summed E-state index contributed by atoms with van der Waals surface area (Å²) in [6.07, 6.45) is 6.53. The van der Waals surface area contributed by atoms with Crippen molar-refractivity contribution in [3.63, 3.8) is 0 Å². The molecule has 0 radical (unpaired) electrons. The fourth-order valence-corrected chi connectivity index (χ4v) is 3.58. The van der Waals surface area contributed by atoms with E-state index in [1.165, 1.54) is 58.3 Å². The molecule has 18 heavy (non-hydrogen) atoms. The van der Waals surface area contributed by atoms with Crippen LogP contribution in [-0.4, -0.2) is 55.1 Å². The first-order chi connectivity index (χ1) is 8.47. The normalized spacial score (nSPS) is 30.0. The first kappa shape index (κ1) is 14.3. The summed E-state index contributed by atoms with van der Waals surface area (Å²) in [5, 5.41) is 0. The Labute approximate surface area is 113 Å². The third-order valence-electron chi connectivity index (χ3n) is 5.31. The Kier molecular flexibility index (Phi) is 4.35. The van der Waals surface area contributed by atoms with E-state index in [9.17, 15) is 0 Å². The summed E-state index contributed by atoms with van der Waals surface area (Å²) in [6, 6.07) is 0. The topological polar surface area (TPSA) is 32.5 Å². The van der Waals surface area contributed by atoms with E-state index >= 15 is 0 Å². The van der Waals surface area contributed by atoms with Gasteiger partial charge in [-0.1, -0.05) is 13.8 Å². The van der Waals surface area contributed by atoms with Gasteiger partial charge in [-0.2, -0.15) is 0 Å². The molecule has 2 fully saturated rings. The van der Waals surface area contributed by atoms with Gasteiger partial charge >= 0.3 is 0 Å². The van der Waals surface area contributed by atoms with E-state index in [2.05, 4.69) is 30.7 Å². The number of nitrogens with zero attached hydrogens (tertiary/aromatic N) is 2. The summed E-state index contributed by atoms with van der Waals surface area (Å²) in [5.74, 6) is 0. The molecule has 2 aliphatic rings. The second-order valence-corrected chi connectivity index (χ2v) is 7.24. The minimum atomic E-state index is 0.299. The average molecular weight is 253 g/mol. The average Bonchev–Trinajstić information content (AvgIpc) is 2.52. The van der Waals surface area contributed by atoms with Crippen molar-refractivity contribution in [3.8, 4) is 0 Å². The fraction of sp³-hybridized carbons (Fsp3) is 1.00. The largest absolute Gasteiger partial charge is 0.329 e. The molecule has 0 aromatic heterocycles. The van der Waals surface area contributed by atoms with Gasteiger partial charge in [0.05, 0.1) is 0 Å². The summed E-state index contributed by atoms with van der Waals surface area (Å²) < 4.78 is 0. The van der Waals surface area contributed by atoms with E-state index in [1.807, 2.05) is 0 Å². The molecule has 0 spiro atoms. The number of piperidine rings is 1. The van der Waals surface area contributed by atoms with E-state index in [1.54, 1.807) is 0 Å². The van der Waals surface area contributed by atoms with Gasteiger partial charge in [0.25, 0.3) is 0 Å². The molecule has 0 saturated carbocycles. The summed E-state index contributed by atoms with van der Waals surface area (Å²) in [6.45, 7) is 10.6. The highest BCUT2D eigenvalue weighted by Crippen LogP contribution is 2.35. The Morgan fingerprint density at radius 2 is 1.61 bits per heavy atom. The van der Waals surface area contributed by atoms with Crippen molar-refractivity contribution in [2.45, 2.75) is 51.5 Å². The first-order valence-electron chi connectivity index (χ1n) is 7.61. The van der Waals surface area contributed by atoms with Crippen molar-refractivity contribution in [3.05, 3.63) is 0 Å². The minimum Gasteiger partial charge on any atom is -0.329 e. The molecule has 0 aromatic carbocycles. The number of nitrogens with two attached hydrogens (primary N) is 1. The second-order valence-electron chi connectivity index (χ2n) is 7.24. The molecule has 2 N–H and O–H groups in total. The van der Waals surface area contributed by atoms with Crippen molar-refractivity contribution in [1.82, 2.24) is 9.80 Å². The Morgan fingerprint density at radius 3 is 2.22 bits per heavy atom. The zero-order valence-electron chi connectivity index (χ0n) is 12.5. The van der Waals surface area contributed by atoms with Crippen LogP contribution in [0.3, 0.4) is 0 Å². The molecule has 0 aromatic rings. The third kappa shape index (κ3) is 3.06. The molecule has 3 heteroatoms. The minimum absolute atomic E-state index is 0.299. The van der Waals surface area contributed by atoms with Crippen LogP contribution in [0.5, 0.6) is 0 Å². The predicted octanol–water partition coefficient (Wildman–Crippen LogP) is 1.92. The number of hydrogen-bond donors (Lipinski definition) is 1.